The van der Waals surface area contributed by atoms with Crippen LogP contribution in [-0.4, -0.2) is 28.1 Å². The number of hydrogen-bond acceptors (Lipinski definition) is 4. The zero-order valence-electron chi connectivity index (χ0n) is 13.2. The number of pyridine rings is 1. The Kier molecular flexibility index (Phi) is 4.76. The zero-order chi connectivity index (χ0) is 17.0. The van der Waals surface area contributed by atoms with Gasteiger partial charge in [0.15, 0.2) is 5.82 Å². The Morgan fingerprint density at radius 3 is 2.35 bits per heavy atom. The third kappa shape index (κ3) is 4.37. The van der Waals surface area contributed by atoms with Crippen LogP contribution in [0.1, 0.15) is 31.1 Å². The minimum absolute atomic E-state index is 0.216. The smallest absolute Gasteiger partial charge is 0.335 e. The molecule has 1 aromatic carbocycles. The van der Waals surface area contributed by atoms with Crippen LogP contribution in [0.3, 0.4) is 0 Å². The highest BCUT2D eigenvalue weighted by Gasteiger charge is 2.18. The molecule has 0 aliphatic carbocycles. The Morgan fingerprint density at radius 1 is 1.17 bits per heavy atom. The van der Waals surface area contributed by atoms with Crippen LogP contribution in [0.2, 0.25) is 0 Å². The molecule has 1 N–H and O–H groups in total. The predicted octanol–water partition coefficient (Wildman–Crippen LogP) is 3.14. The molecule has 23 heavy (non-hydrogen) atoms. The van der Waals surface area contributed by atoms with Gasteiger partial charge in [-0.25, -0.2) is 9.78 Å². The maximum Gasteiger partial charge on any atom is 0.335 e. The summed E-state index contributed by atoms with van der Waals surface area (Å²) in [6, 6.07) is 9.95. The highest BCUT2D eigenvalue weighted by molar-refractivity contribution is 5.88. The van der Waals surface area contributed by atoms with Gasteiger partial charge in [-0.05, 0) is 56.2 Å². The largest absolute Gasteiger partial charge is 0.478 e. The molecule has 0 fully saturated rings. The fraction of sp³-hybridized carbons (Fsp3) is 0.235. The van der Waals surface area contributed by atoms with E-state index in [4.69, 9.17) is 9.94 Å². The first-order chi connectivity index (χ1) is 10.8. The molecule has 1 aromatic heterocycles. The number of rotatable bonds is 5. The van der Waals surface area contributed by atoms with Gasteiger partial charge in [0.25, 0.3) is 0 Å². The maximum atomic E-state index is 11.2. The average Bonchev–Trinajstić information content (AvgIpc) is 2.52. The Hall–Kier alpha value is -2.73. The van der Waals surface area contributed by atoms with Crippen LogP contribution >= 0.6 is 0 Å². The van der Waals surface area contributed by atoms with E-state index in [0.717, 1.165) is 16.2 Å². The van der Waals surface area contributed by atoms with Gasteiger partial charge in [-0.15, -0.1) is 0 Å². The van der Waals surface area contributed by atoms with Crippen molar-refractivity contribution in [2.45, 2.75) is 26.4 Å². The number of amides is 1. The summed E-state index contributed by atoms with van der Waals surface area (Å²) in [5, 5.41) is 10.0. The van der Waals surface area contributed by atoms with Crippen molar-refractivity contribution >= 4 is 18.2 Å². The van der Waals surface area contributed by atoms with Crippen LogP contribution in [0.25, 0.3) is 11.1 Å². The number of aromatic nitrogens is 1. The van der Waals surface area contributed by atoms with Crippen molar-refractivity contribution in [2.24, 2.45) is 0 Å². The lowest BCUT2D eigenvalue weighted by molar-refractivity contribution is -0.120. The van der Waals surface area contributed by atoms with E-state index in [1.807, 2.05) is 20.8 Å². The van der Waals surface area contributed by atoms with Crippen LogP contribution in [0.15, 0.2) is 42.6 Å². The minimum Gasteiger partial charge on any atom is -0.478 e. The van der Waals surface area contributed by atoms with Gasteiger partial charge in [-0.1, -0.05) is 12.1 Å². The lowest BCUT2D eigenvalue weighted by Crippen LogP contribution is -2.33. The van der Waals surface area contributed by atoms with E-state index in [2.05, 4.69) is 4.98 Å². The number of carboxylic acid groups (broad SMARTS) is 1. The number of carbonyl (C=O) groups is 2. The summed E-state index contributed by atoms with van der Waals surface area (Å²) in [5.41, 5.74) is 1.30. The number of carbonyl (C=O) groups excluding carboxylic acids is 1. The molecule has 0 saturated carbocycles. The number of nitrogens with zero attached hydrogens (tertiary/aromatic N) is 2. The number of carboxylic acids is 1. The quantitative estimate of drug-likeness (QED) is 0.677. The molecule has 0 aliphatic rings. The minimum atomic E-state index is -0.974. The van der Waals surface area contributed by atoms with E-state index in [0.29, 0.717) is 12.2 Å². The standard InChI is InChI=1S/C17H18N2O4/c1-17(2,3)23-19(11-20)15-10-14(8-9-18-15)12-4-6-13(7-5-12)16(21)22/h4-11H,1-3H3,(H,21,22). The molecule has 6 heteroatoms. The average molecular weight is 314 g/mol. The molecular weight excluding hydrogens is 296 g/mol. The molecule has 0 saturated heterocycles. The second-order valence-electron chi connectivity index (χ2n) is 5.92. The fourth-order valence-corrected chi connectivity index (χ4v) is 1.94. The highest BCUT2D eigenvalue weighted by atomic mass is 16.7. The van der Waals surface area contributed by atoms with Gasteiger partial charge in [-0.3, -0.25) is 9.63 Å². The molecule has 0 unspecified atom stereocenters. The Bertz CT molecular complexity index is 705. The molecule has 0 atom stereocenters. The van der Waals surface area contributed by atoms with Gasteiger partial charge in [-0.2, -0.15) is 5.06 Å². The topological polar surface area (TPSA) is 79.7 Å². The highest BCUT2D eigenvalue weighted by Crippen LogP contribution is 2.24. The molecule has 0 aliphatic heterocycles. The number of benzene rings is 1. The van der Waals surface area contributed by atoms with E-state index in [1.165, 1.54) is 12.1 Å². The van der Waals surface area contributed by atoms with Crippen molar-refractivity contribution in [3.05, 3.63) is 48.2 Å². The summed E-state index contributed by atoms with van der Waals surface area (Å²) >= 11 is 0. The summed E-state index contributed by atoms with van der Waals surface area (Å²) in [5.74, 6) is -0.618. The van der Waals surface area contributed by atoms with Gasteiger partial charge in [0, 0.05) is 6.20 Å². The van der Waals surface area contributed by atoms with Crippen molar-refractivity contribution in [1.29, 1.82) is 0 Å². The summed E-state index contributed by atoms with van der Waals surface area (Å²) in [7, 11) is 0. The second-order valence-corrected chi connectivity index (χ2v) is 5.92. The van der Waals surface area contributed by atoms with E-state index >= 15 is 0 Å². The lowest BCUT2D eigenvalue weighted by Gasteiger charge is -2.25. The monoisotopic (exact) mass is 314 g/mol. The van der Waals surface area contributed by atoms with Gasteiger partial charge < -0.3 is 5.11 Å². The molecule has 120 valence electrons. The molecule has 0 spiro atoms. The Labute approximate surface area is 134 Å². The van der Waals surface area contributed by atoms with E-state index in [9.17, 15) is 9.59 Å². The molecule has 1 heterocycles. The Morgan fingerprint density at radius 2 is 1.83 bits per heavy atom. The van der Waals surface area contributed by atoms with Crippen LogP contribution < -0.4 is 5.06 Å². The van der Waals surface area contributed by atoms with E-state index < -0.39 is 11.6 Å². The number of hydroxylamine groups is 1. The molecular formula is C17H18N2O4. The summed E-state index contributed by atoms with van der Waals surface area (Å²) in [6.45, 7) is 5.49. The zero-order valence-corrected chi connectivity index (χ0v) is 13.2. The van der Waals surface area contributed by atoms with Crippen LogP contribution in [0.4, 0.5) is 5.82 Å². The van der Waals surface area contributed by atoms with Gasteiger partial charge >= 0.3 is 5.97 Å². The van der Waals surface area contributed by atoms with Crippen molar-refractivity contribution < 1.29 is 19.5 Å². The van der Waals surface area contributed by atoms with Gasteiger partial charge in [0.2, 0.25) is 6.41 Å². The van der Waals surface area contributed by atoms with Crippen LogP contribution in [0.5, 0.6) is 0 Å². The molecule has 0 radical (unpaired) electrons. The van der Waals surface area contributed by atoms with Crippen molar-refractivity contribution in [3.63, 3.8) is 0 Å². The van der Waals surface area contributed by atoms with E-state index in [1.54, 1.807) is 30.5 Å². The second kappa shape index (κ2) is 6.58. The maximum absolute atomic E-state index is 11.2. The third-order valence-electron chi connectivity index (χ3n) is 2.90. The van der Waals surface area contributed by atoms with Crippen LogP contribution in [-0.2, 0) is 9.63 Å². The lowest BCUT2D eigenvalue weighted by atomic mass is 10.0. The molecule has 2 aromatic rings. The first-order valence-corrected chi connectivity index (χ1v) is 7.03. The molecule has 1 amide bonds. The summed E-state index contributed by atoms with van der Waals surface area (Å²) in [6.07, 6.45) is 2.13. The first kappa shape index (κ1) is 16.6. The van der Waals surface area contributed by atoms with Crippen molar-refractivity contribution in [1.82, 2.24) is 4.98 Å². The van der Waals surface area contributed by atoms with Gasteiger partial charge in [0.05, 0.1) is 11.2 Å². The normalized spacial score (nSPS) is 11.1. The van der Waals surface area contributed by atoms with Crippen LogP contribution in [0, 0.1) is 0 Å². The molecule has 6 nitrogen and oxygen atoms in total. The number of aromatic carboxylic acids is 1. The summed E-state index contributed by atoms with van der Waals surface area (Å²) < 4.78 is 0. The first-order valence-electron chi connectivity index (χ1n) is 7.03. The SMILES string of the molecule is CC(C)(C)ON(C=O)c1cc(-c2ccc(C(=O)O)cc2)ccn1. The summed E-state index contributed by atoms with van der Waals surface area (Å²) in [4.78, 5) is 31.8. The predicted molar refractivity (Wildman–Crippen MR) is 86.0 cm³/mol. The Balaban J connectivity index is 2.31. The number of hydrogen-bond donors (Lipinski definition) is 1. The van der Waals surface area contributed by atoms with Gasteiger partial charge in [0.1, 0.15) is 0 Å². The van der Waals surface area contributed by atoms with Crippen molar-refractivity contribution in [3.8, 4) is 11.1 Å². The fourth-order valence-electron chi connectivity index (χ4n) is 1.94. The van der Waals surface area contributed by atoms with E-state index in [-0.39, 0.29) is 5.56 Å². The van der Waals surface area contributed by atoms with Crippen molar-refractivity contribution in [2.75, 3.05) is 5.06 Å². The third-order valence-corrected chi connectivity index (χ3v) is 2.90. The number of anilines is 1. The molecule has 2 rings (SSSR count). The molecule has 0 bridgehead atoms.